The van der Waals surface area contributed by atoms with Gasteiger partial charge in [0.25, 0.3) is 0 Å². The molecule has 0 unspecified atom stereocenters. The van der Waals surface area contributed by atoms with E-state index < -0.39 is 0 Å². The van der Waals surface area contributed by atoms with E-state index in [0.29, 0.717) is 32.0 Å². The summed E-state index contributed by atoms with van der Waals surface area (Å²) in [5.74, 6) is 2.22. The zero-order chi connectivity index (χ0) is 21.6. The number of hydrogen-bond donors (Lipinski definition) is 2. The number of carbonyl (C=O) groups is 1. The van der Waals surface area contributed by atoms with E-state index in [-0.39, 0.29) is 6.03 Å². The SMILES string of the molecule is COc1ccc(NC(=O)N2CCN(c3ccc(Nc4cccnc4)nn3)CC2)c(C)c1. The van der Waals surface area contributed by atoms with Crippen molar-refractivity contribution in [2.75, 3.05) is 48.8 Å². The van der Waals surface area contributed by atoms with E-state index in [1.165, 1.54) is 0 Å². The third kappa shape index (κ3) is 5.00. The first-order chi connectivity index (χ1) is 15.1. The average molecular weight is 419 g/mol. The van der Waals surface area contributed by atoms with Crippen molar-refractivity contribution in [2.24, 2.45) is 0 Å². The number of carbonyl (C=O) groups excluding carboxylic acids is 1. The van der Waals surface area contributed by atoms with E-state index >= 15 is 0 Å². The van der Waals surface area contributed by atoms with Crippen LogP contribution in [0.3, 0.4) is 0 Å². The molecule has 31 heavy (non-hydrogen) atoms. The molecule has 0 spiro atoms. The summed E-state index contributed by atoms with van der Waals surface area (Å²) in [6.07, 6.45) is 3.45. The molecule has 9 nitrogen and oxygen atoms in total. The predicted octanol–water partition coefficient (Wildman–Crippen LogP) is 3.29. The minimum Gasteiger partial charge on any atom is -0.497 e. The molecule has 0 bridgehead atoms. The van der Waals surface area contributed by atoms with Crippen LogP contribution in [0.1, 0.15) is 5.56 Å². The Balaban J connectivity index is 1.30. The van der Waals surface area contributed by atoms with Crippen molar-refractivity contribution in [1.82, 2.24) is 20.1 Å². The van der Waals surface area contributed by atoms with Crippen LogP contribution in [0.4, 0.5) is 27.8 Å². The molecule has 0 aliphatic carbocycles. The third-order valence-corrected chi connectivity index (χ3v) is 5.15. The van der Waals surface area contributed by atoms with Gasteiger partial charge < -0.3 is 25.2 Å². The van der Waals surface area contributed by atoms with Gasteiger partial charge in [0.05, 0.1) is 19.0 Å². The van der Waals surface area contributed by atoms with Crippen LogP contribution in [0.2, 0.25) is 0 Å². The van der Waals surface area contributed by atoms with Crippen molar-refractivity contribution in [3.8, 4) is 5.75 Å². The molecule has 9 heteroatoms. The predicted molar refractivity (Wildman–Crippen MR) is 120 cm³/mol. The lowest BCUT2D eigenvalue weighted by atomic mass is 10.2. The number of piperazine rings is 1. The number of anilines is 4. The van der Waals surface area contributed by atoms with Crippen molar-refractivity contribution in [3.63, 3.8) is 0 Å². The third-order valence-electron chi connectivity index (χ3n) is 5.15. The molecule has 2 N–H and O–H groups in total. The van der Waals surface area contributed by atoms with Gasteiger partial charge in [-0.15, -0.1) is 10.2 Å². The van der Waals surface area contributed by atoms with Gasteiger partial charge in [-0.2, -0.15) is 0 Å². The summed E-state index contributed by atoms with van der Waals surface area (Å²) in [7, 11) is 1.63. The molecule has 4 rings (SSSR count). The maximum absolute atomic E-state index is 12.7. The van der Waals surface area contributed by atoms with Crippen LogP contribution < -0.4 is 20.3 Å². The molecule has 3 heterocycles. The Morgan fingerprint density at radius 2 is 1.90 bits per heavy atom. The Hall–Kier alpha value is -3.88. The Labute approximate surface area is 181 Å². The van der Waals surface area contributed by atoms with Crippen molar-refractivity contribution in [3.05, 3.63) is 60.4 Å². The highest BCUT2D eigenvalue weighted by Crippen LogP contribution is 2.22. The van der Waals surface area contributed by atoms with Crippen molar-refractivity contribution in [2.45, 2.75) is 6.92 Å². The standard InChI is InChI=1S/C22H25N7O2/c1-16-14-18(31-2)5-6-19(16)25-22(30)29-12-10-28(11-13-29)21-8-7-20(26-27-21)24-17-4-3-9-23-15-17/h3-9,14-15H,10-13H2,1-2H3,(H,24,26)(H,25,30). The second kappa shape index (κ2) is 9.29. The molecule has 0 atom stereocenters. The lowest BCUT2D eigenvalue weighted by Gasteiger charge is -2.35. The highest BCUT2D eigenvalue weighted by molar-refractivity contribution is 5.90. The summed E-state index contributed by atoms with van der Waals surface area (Å²) in [6, 6.07) is 13.1. The molecule has 2 amide bonds. The fourth-order valence-corrected chi connectivity index (χ4v) is 3.38. The molecule has 3 aromatic rings. The monoisotopic (exact) mass is 419 g/mol. The number of rotatable bonds is 5. The molecule has 1 fully saturated rings. The summed E-state index contributed by atoms with van der Waals surface area (Å²) in [6.45, 7) is 4.55. The number of aromatic nitrogens is 3. The summed E-state index contributed by atoms with van der Waals surface area (Å²) in [5.41, 5.74) is 2.61. The lowest BCUT2D eigenvalue weighted by Crippen LogP contribution is -2.50. The van der Waals surface area contributed by atoms with Crippen LogP contribution in [-0.4, -0.2) is 59.4 Å². The first-order valence-corrected chi connectivity index (χ1v) is 10.1. The van der Waals surface area contributed by atoms with Gasteiger partial charge in [-0.3, -0.25) is 4.98 Å². The smallest absolute Gasteiger partial charge is 0.321 e. The second-order valence-corrected chi connectivity index (χ2v) is 7.23. The van der Waals surface area contributed by atoms with Gasteiger partial charge in [0.2, 0.25) is 0 Å². The molecular formula is C22H25N7O2. The molecule has 0 radical (unpaired) electrons. The van der Waals surface area contributed by atoms with Crippen molar-refractivity contribution in [1.29, 1.82) is 0 Å². The maximum Gasteiger partial charge on any atom is 0.321 e. The number of methoxy groups -OCH3 is 1. The minimum atomic E-state index is -0.102. The van der Waals surface area contributed by atoms with Crippen LogP contribution in [-0.2, 0) is 0 Å². The van der Waals surface area contributed by atoms with Crippen LogP contribution >= 0.6 is 0 Å². The lowest BCUT2D eigenvalue weighted by molar-refractivity contribution is 0.208. The Morgan fingerprint density at radius 1 is 1.06 bits per heavy atom. The fourth-order valence-electron chi connectivity index (χ4n) is 3.38. The summed E-state index contributed by atoms with van der Waals surface area (Å²) in [5, 5.41) is 14.7. The first kappa shape index (κ1) is 20.4. The van der Waals surface area contributed by atoms with Gasteiger partial charge in [-0.05, 0) is 55.0 Å². The van der Waals surface area contributed by atoms with Gasteiger partial charge in [-0.25, -0.2) is 4.79 Å². The van der Waals surface area contributed by atoms with E-state index in [2.05, 4.69) is 30.7 Å². The molecule has 1 aromatic carbocycles. The van der Waals surface area contributed by atoms with E-state index in [1.807, 2.05) is 54.3 Å². The molecule has 0 saturated carbocycles. The normalized spacial score (nSPS) is 13.6. The van der Waals surface area contributed by atoms with Crippen LogP contribution in [0.25, 0.3) is 0 Å². The molecule has 1 saturated heterocycles. The number of amides is 2. The van der Waals surface area contributed by atoms with Gasteiger partial charge in [0.15, 0.2) is 11.6 Å². The molecule has 1 aliphatic rings. The number of aryl methyl sites for hydroxylation is 1. The highest BCUT2D eigenvalue weighted by atomic mass is 16.5. The van der Waals surface area contributed by atoms with E-state index in [9.17, 15) is 4.79 Å². The number of benzene rings is 1. The quantitative estimate of drug-likeness (QED) is 0.655. The summed E-state index contributed by atoms with van der Waals surface area (Å²) in [4.78, 5) is 20.7. The molecule has 2 aromatic heterocycles. The average Bonchev–Trinajstić information content (AvgIpc) is 2.81. The van der Waals surface area contributed by atoms with E-state index in [1.54, 1.807) is 19.5 Å². The Bertz CT molecular complexity index is 1020. The fraction of sp³-hybridized carbons (Fsp3) is 0.273. The second-order valence-electron chi connectivity index (χ2n) is 7.23. The number of nitrogens with zero attached hydrogens (tertiary/aromatic N) is 5. The molecule has 160 valence electrons. The zero-order valence-electron chi connectivity index (χ0n) is 17.6. The minimum absolute atomic E-state index is 0.102. The summed E-state index contributed by atoms with van der Waals surface area (Å²) >= 11 is 0. The van der Waals surface area contributed by atoms with Gasteiger partial charge >= 0.3 is 6.03 Å². The number of urea groups is 1. The first-order valence-electron chi connectivity index (χ1n) is 10.1. The van der Waals surface area contributed by atoms with Crippen LogP contribution in [0.15, 0.2) is 54.9 Å². The summed E-state index contributed by atoms with van der Waals surface area (Å²) < 4.78 is 5.22. The molecular weight excluding hydrogens is 394 g/mol. The largest absolute Gasteiger partial charge is 0.497 e. The zero-order valence-corrected chi connectivity index (χ0v) is 17.6. The van der Waals surface area contributed by atoms with Gasteiger partial charge in [0, 0.05) is 38.1 Å². The Morgan fingerprint density at radius 3 is 2.55 bits per heavy atom. The number of pyridine rings is 1. The molecule has 1 aliphatic heterocycles. The Kier molecular flexibility index (Phi) is 6.11. The van der Waals surface area contributed by atoms with Crippen LogP contribution in [0, 0.1) is 6.92 Å². The van der Waals surface area contributed by atoms with Gasteiger partial charge in [-0.1, -0.05) is 0 Å². The van der Waals surface area contributed by atoms with Crippen molar-refractivity contribution < 1.29 is 9.53 Å². The topological polar surface area (TPSA) is 95.5 Å². The number of hydrogen-bond acceptors (Lipinski definition) is 7. The highest BCUT2D eigenvalue weighted by Gasteiger charge is 2.22. The number of nitrogens with one attached hydrogen (secondary N) is 2. The van der Waals surface area contributed by atoms with Crippen LogP contribution in [0.5, 0.6) is 5.75 Å². The van der Waals surface area contributed by atoms with E-state index in [4.69, 9.17) is 4.74 Å². The number of ether oxygens (including phenoxy) is 1. The van der Waals surface area contributed by atoms with Gasteiger partial charge in [0.1, 0.15) is 5.75 Å². The van der Waals surface area contributed by atoms with E-state index in [0.717, 1.165) is 28.5 Å². The maximum atomic E-state index is 12.7. The van der Waals surface area contributed by atoms with Crippen molar-refractivity contribution >= 4 is 29.0 Å².